The zero-order valence-electron chi connectivity index (χ0n) is 12.7. The maximum Gasteiger partial charge on any atom is 0.235 e. The van der Waals surface area contributed by atoms with Crippen LogP contribution >= 0.6 is 11.8 Å². The van der Waals surface area contributed by atoms with Gasteiger partial charge in [-0.15, -0.1) is 11.8 Å². The smallest absolute Gasteiger partial charge is 0.235 e. The lowest BCUT2D eigenvalue weighted by Gasteiger charge is -2.19. The van der Waals surface area contributed by atoms with Crippen LogP contribution in [0.2, 0.25) is 0 Å². The fourth-order valence-electron chi connectivity index (χ4n) is 2.55. The number of aromatic nitrogens is 2. The van der Waals surface area contributed by atoms with E-state index in [1.807, 2.05) is 25.1 Å². The molecule has 22 heavy (non-hydrogen) atoms. The number of aromatic amines is 1. The molecular formula is C16H19N3O2S. The Kier molecular flexibility index (Phi) is 4.38. The Hall–Kier alpha value is -1.95. The maximum atomic E-state index is 11.9. The van der Waals surface area contributed by atoms with Gasteiger partial charge in [0.25, 0.3) is 0 Å². The van der Waals surface area contributed by atoms with E-state index in [0.29, 0.717) is 18.2 Å². The van der Waals surface area contributed by atoms with Crippen molar-refractivity contribution in [3.8, 4) is 5.75 Å². The number of rotatable bonds is 4. The minimum absolute atomic E-state index is 0.0211. The second-order valence-corrected chi connectivity index (χ2v) is 6.33. The Morgan fingerprint density at radius 3 is 3.05 bits per heavy atom. The monoisotopic (exact) mass is 317 g/mol. The Balaban J connectivity index is 2.04. The molecule has 1 aliphatic heterocycles. The molecule has 1 aromatic carbocycles. The number of benzene rings is 1. The SMILES string of the molecule is CCCOc1ccccc1[C@@H]1SCC(=O)Nc2n[nH]c(C)c21. The van der Waals surface area contributed by atoms with Crippen molar-refractivity contribution in [3.63, 3.8) is 0 Å². The number of amides is 1. The van der Waals surface area contributed by atoms with Crippen LogP contribution in [0.4, 0.5) is 5.82 Å². The van der Waals surface area contributed by atoms with E-state index in [0.717, 1.165) is 29.0 Å². The fraction of sp³-hybridized carbons (Fsp3) is 0.375. The largest absolute Gasteiger partial charge is 0.493 e. The third-order valence-electron chi connectivity index (χ3n) is 3.56. The Labute approximate surface area is 133 Å². The zero-order valence-corrected chi connectivity index (χ0v) is 13.5. The van der Waals surface area contributed by atoms with Gasteiger partial charge in [-0.1, -0.05) is 25.1 Å². The number of nitrogens with zero attached hydrogens (tertiary/aromatic N) is 1. The van der Waals surface area contributed by atoms with Gasteiger partial charge in [0.15, 0.2) is 5.82 Å². The molecule has 6 heteroatoms. The Morgan fingerprint density at radius 1 is 1.41 bits per heavy atom. The highest BCUT2D eigenvalue weighted by atomic mass is 32.2. The van der Waals surface area contributed by atoms with Crippen LogP contribution in [0.15, 0.2) is 24.3 Å². The lowest BCUT2D eigenvalue weighted by Crippen LogP contribution is -2.12. The summed E-state index contributed by atoms with van der Waals surface area (Å²) in [4.78, 5) is 11.9. The van der Waals surface area contributed by atoms with Gasteiger partial charge in [0.2, 0.25) is 5.91 Å². The highest BCUT2D eigenvalue weighted by molar-refractivity contribution is 8.00. The molecule has 5 nitrogen and oxygen atoms in total. The minimum Gasteiger partial charge on any atom is -0.493 e. The fourth-order valence-corrected chi connectivity index (χ4v) is 3.77. The highest BCUT2D eigenvalue weighted by Gasteiger charge is 2.29. The molecule has 0 bridgehead atoms. The molecule has 1 atom stereocenters. The van der Waals surface area contributed by atoms with Gasteiger partial charge in [-0.3, -0.25) is 9.89 Å². The third-order valence-corrected chi connectivity index (χ3v) is 4.81. The quantitative estimate of drug-likeness (QED) is 0.908. The van der Waals surface area contributed by atoms with Crippen LogP contribution in [-0.4, -0.2) is 28.5 Å². The van der Waals surface area contributed by atoms with E-state index >= 15 is 0 Å². The number of carbonyl (C=O) groups excluding carboxylic acids is 1. The first kappa shape index (κ1) is 15.0. The Morgan fingerprint density at radius 2 is 2.23 bits per heavy atom. The summed E-state index contributed by atoms with van der Waals surface area (Å²) < 4.78 is 5.89. The molecule has 2 aromatic rings. The van der Waals surface area contributed by atoms with Gasteiger partial charge in [0.1, 0.15) is 5.75 Å². The number of H-pyrrole nitrogens is 1. The number of aryl methyl sites for hydroxylation is 1. The first-order valence-corrected chi connectivity index (χ1v) is 8.43. The standard InChI is InChI=1S/C16H19N3O2S/c1-3-8-21-12-7-5-4-6-11(12)15-14-10(2)18-19-16(14)17-13(20)9-22-15/h4-7,15H,3,8-9H2,1-2H3,(H2,17,18,19,20)/t15-/m0/s1. The second kappa shape index (κ2) is 6.44. The van der Waals surface area contributed by atoms with E-state index in [2.05, 4.69) is 28.5 Å². The van der Waals surface area contributed by atoms with Gasteiger partial charge in [0.05, 0.1) is 17.6 Å². The van der Waals surface area contributed by atoms with Crippen molar-refractivity contribution < 1.29 is 9.53 Å². The molecule has 2 heterocycles. The van der Waals surface area contributed by atoms with Gasteiger partial charge >= 0.3 is 0 Å². The second-order valence-electron chi connectivity index (χ2n) is 5.24. The van der Waals surface area contributed by atoms with E-state index in [9.17, 15) is 4.79 Å². The first-order chi connectivity index (χ1) is 10.7. The number of para-hydroxylation sites is 1. The minimum atomic E-state index is -0.0211. The zero-order chi connectivity index (χ0) is 15.5. The summed E-state index contributed by atoms with van der Waals surface area (Å²) in [5.74, 6) is 1.89. The van der Waals surface area contributed by atoms with Crippen LogP contribution < -0.4 is 10.1 Å². The van der Waals surface area contributed by atoms with E-state index in [4.69, 9.17) is 4.74 Å². The number of fused-ring (bicyclic) bond motifs is 1. The van der Waals surface area contributed by atoms with Crippen LogP contribution in [0.1, 0.15) is 35.4 Å². The van der Waals surface area contributed by atoms with Crippen LogP contribution in [-0.2, 0) is 4.79 Å². The average molecular weight is 317 g/mol. The van der Waals surface area contributed by atoms with Gasteiger partial charge in [-0.05, 0) is 19.4 Å². The summed E-state index contributed by atoms with van der Waals surface area (Å²) in [7, 11) is 0. The summed E-state index contributed by atoms with van der Waals surface area (Å²) in [6.45, 7) is 4.75. The van der Waals surface area contributed by atoms with Crippen LogP contribution in [0.3, 0.4) is 0 Å². The van der Waals surface area contributed by atoms with Crippen LogP contribution in [0.5, 0.6) is 5.75 Å². The molecule has 0 saturated carbocycles. The van der Waals surface area contributed by atoms with Crippen molar-refractivity contribution in [3.05, 3.63) is 41.1 Å². The summed E-state index contributed by atoms with van der Waals surface area (Å²) >= 11 is 1.60. The number of ether oxygens (including phenoxy) is 1. The molecule has 0 unspecified atom stereocenters. The number of hydrogen-bond donors (Lipinski definition) is 2. The first-order valence-electron chi connectivity index (χ1n) is 7.38. The molecular weight excluding hydrogens is 298 g/mol. The molecule has 116 valence electrons. The molecule has 0 fully saturated rings. The van der Waals surface area contributed by atoms with E-state index in [1.54, 1.807) is 11.8 Å². The predicted octanol–water partition coefficient (Wildman–Crippen LogP) is 3.28. The molecule has 2 N–H and O–H groups in total. The molecule has 3 rings (SSSR count). The topological polar surface area (TPSA) is 67.0 Å². The van der Waals surface area contributed by atoms with Gasteiger partial charge in [0, 0.05) is 16.8 Å². The average Bonchev–Trinajstić information content (AvgIpc) is 2.78. The van der Waals surface area contributed by atoms with Gasteiger partial charge in [-0.2, -0.15) is 5.10 Å². The van der Waals surface area contributed by atoms with E-state index in [-0.39, 0.29) is 11.2 Å². The third kappa shape index (κ3) is 2.83. The predicted molar refractivity (Wildman–Crippen MR) is 88.5 cm³/mol. The summed E-state index contributed by atoms with van der Waals surface area (Å²) in [6.07, 6.45) is 0.960. The summed E-state index contributed by atoms with van der Waals surface area (Å²) in [5, 5.41) is 10.1. The van der Waals surface area contributed by atoms with E-state index in [1.165, 1.54) is 0 Å². The molecule has 1 aliphatic rings. The summed E-state index contributed by atoms with van der Waals surface area (Å²) in [5.41, 5.74) is 3.09. The molecule has 1 aromatic heterocycles. The number of nitrogens with one attached hydrogen (secondary N) is 2. The van der Waals surface area contributed by atoms with Crippen molar-refractivity contribution in [2.45, 2.75) is 25.5 Å². The maximum absolute atomic E-state index is 11.9. The van der Waals surface area contributed by atoms with Crippen molar-refractivity contribution in [2.24, 2.45) is 0 Å². The molecule has 0 spiro atoms. The van der Waals surface area contributed by atoms with Crippen molar-refractivity contribution in [1.29, 1.82) is 0 Å². The molecule has 0 aliphatic carbocycles. The molecule has 0 radical (unpaired) electrons. The highest BCUT2D eigenvalue weighted by Crippen LogP contribution is 2.45. The number of carbonyl (C=O) groups is 1. The van der Waals surface area contributed by atoms with Crippen molar-refractivity contribution in [2.75, 3.05) is 17.7 Å². The van der Waals surface area contributed by atoms with Crippen LogP contribution in [0.25, 0.3) is 0 Å². The van der Waals surface area contributed by atoms with Gasteiger partial charge < -0.3 is 10.1 Å². The van der Waals surface area contributed by atoms with Crippen LogP contribution in [0, 0.1) is 6.92 Å². The Bertz CT molecular complexity index is 684. The summed E-state index contributed by atoms with van der Waals surface area (Å²) in [6, 6.07) is 8.03. The number of hydrogen-bond acceptors (Lipinski definition) is 4. The van der Waals surface area contributed by atoms with Crippen molar-refractivity contribution in [1.82, 2.24) is 10.2 Å². The molecule has 1 amide bonds. The van der Waals surface area contributed by atoms with Gasteiger partial charge in [-0.25, -0.2) is 0 Å². The molecule has 0 saturated heterocycles. The number of anilines is 1. The lowest BCUT2D eigenvalue weighted by molar-refractivity contribution is -0.113. The lowest BCUT2D eigenvalue weighted by atomic mass is 10.0. The number of thioether (sulfide) groups is 1. The normalized spacial score (nSPS) is 17.5. The van der Waals surface area contributed by atoms with E-state index < -0.39 is 0 Å². The van der Waals surface area contributed by atoms with Crippen molar-refractivity contribution >= 4 is 23.5 Å².